The minimum Gasteiger partial charge on any atom is -0.493 e. The van der Waals surface area contributed by atoms with E-state index < -0.39 is 0 Å². The molecule has 0 bridgehead atoms. The molecule has 0 aliphatic carbocycles. The first-order valence-corrected chi connectivity index (χ1v) is 7.40. The Labute approximate surface area is 127 Å². The Kier molecular flexibility index (Phi) is 3.08. The van der Waals surface area contributed by atoms with Crippen LogP contribution in [0.1, 0.15) is 11.1 Å². The van der Waals surface area contributed by atoms with Crippen LogP contribution < -0.4 is 10.5 Å². The molecule has 22 heavy (non-hydrogen) atoms. The van der Waals surface area contributed by atoms with Gasteiger partial charge in [0.15, 0.2) is 0 Å². The molecule has 3 aromatic rings. The van der Waals surface area contributed by atoms with Gasteiger partial charge in [-0.05, 0) is 43.3 Å². The average Bonchev–Trinajstić information content (AvgIpc) is 3.12. The molecule has 1 aromatic carbocycles. The van der Waals surface area contributed by atoms with Gasteiger partial charge in [0.25, 0.3) is 0 Å². The summed E-state index contributed by atoms with van der Waals surface area (Å²) >= 11 is 0. The second kappa shape index (κ2) is 5.10. The van der Waals surface area contributed by atoms with Crippen molar-refractivity contribution in [1.29, 1.82) is 0 Å². The monoisotopic (exact) mass is 297 g/mol. The van der Waals surface area contributed by atoms with Gasteiger partial charge in [-0.3, -0.25) is 0 Å². The minimum absolute atomic E-state index is 0.248. The van der Waals surface area contributed by atoms with Crippen LogP contribution in [-0.2, 0) is 12.8 Å². The maximum absolute atomic E-state index is 13.2. The molecule has 4 rings (SSSR count). The van der Waals surface area contributed by atoms with Crippen LogP contribution in [0.15, 0.2) is 36.5 Å². The van der Waals surface area contributed by atoms with Gasteiger partial charge in [0.2, 0.25) is 0 Å². The normalized spacial score (nSPS) is 13.4. The standard InChI is InChI=1S/C17H16FN3O/c18-12-3-1-11(2-4-12)16-14(5-8-19)17-13-7-10-22-15(13)6-9-21(17)20-16/h1-4,6,9H,5,7-8,10,19H2. The number of pyridine rings is 1. The Morgan fingerprint density at radius 3 is 2.82 bits per heavy atom. The average molecular weight is 297 g/mol. The molecule has 1 aliphatic rings. The second-order valence-electron chi connectivity index (χ2n) is 5.42. The van der Waals surface area contributed by atoms with Crippen molar-refractivity contribution in [3.05, 3.63) is 53.5 Å². The van der Waals surface area contributed by atoms with Crippen LogP contribution in [0.2, 0.25) is 0 Å². The molecular weight excluding hydrogens is 281 g/mol. The van der Waals surface area contributed by atoms with E-state index in [1.807, 2.05) is 16.8 Å². The number of halogens is 1. The number of hydrogen-bond acceptors (Lipinski definition) is 3. The SMILES string of the molecule is NCCc1c(-c2ccc(F)cc2)nn2ccc3c(c12)CCO3. The molecule has 0 spiro atoms. The van der Waals surface area contributed by atoms with E-state index in [1.165, 1.54) is 17.7 Å². The van der Waals surface area contributed by atoms with Gasteiger partial charge in [-0.2, -0.15) is 5.10 Å². The van der Waals surface area contributed by atoms with Crippen LogP contribution in [0.5, 0.6) is 5.75 Å². The van der Waals surface area contributed by atoms with Crippen LogP contribution in [0.4, 0.5) is 4.39 Å². The van der Waals surface area contributed by atoms with Gasteiger partial charge in [-0.1, -0.05) is 0 Å². The first-order chi connectivity index (χ1) is 10.8. The van der Waals surface area contributed by atoms with Crippen molar-refractivity contribution in [2.75, 3.05) is 13.2 Å². The van der Waals surface area contributed by atoms with Gasteiger partial charge < -0.3 is 10.5 Å². The van der Waals surface area contributed by atoms with E-state index in [9.17, 15) is 4.39 Å². The summed E-state index contributed by atoms with van der Waals surface area (Å²) in [7, 11) is 0. The van der Waals surface area contributed by atoms with Gasteiger partial charge >= 0.3 is 0 Å². The van der Waals surface area contributed by atoms with E-state index in [2.05, 4.69) is 0 Å². The largest absolute Gasteiger partial charge is 0.493 e. The molecule has 2 N–H and O–H groups in total. The first kappa shape index (κ1) is 13.3. The first-order valence-electron chi connectivity index (χ1n) is 7.40. The van der Waals surface area contributed by atoms with E-state index in [0.717, 1.165) is 40.9 Å². The smallest absolute Gasteiger partial charge is 0.126 e. The second-order valence-corrected chi connectivity index (χ2v) is 5.42. The molecule has 0 unspecified atom stereocenters. The Hall–Kier alpha value is -2.40. The lowest BCUT2D eigenvalue weighted by Crippen LogP contribution is -2.04. The molecule has 0 radical (unpaired) electrons. The summed E-state index contributed by atoms with van der Waals surface area (Å²) in [6.45, 7) is 1.24. The van der Waals surface area contributed by atoms with Crippen molar-refractivity contribution in [2.45, 2.75) is 12.8 Å². The van der Waals surface area contributed by atoms with Crippen LogP contribution in [0, 0.1) is 5.82 Å². The third-order valence-electron chi connectivity index (χ3n) is 4.08. The number of nitrogens with zero attached hydrogens (tertiary/aromatic N) is 2. The third-order valence-corrected chi connectivity index (χ3v) is 4.08. The Morgan fingerprint density at radius 1 is 1.23 bits per heavy atom. The molecule has 2 aromatic heterocycles. The number of nitrogens with two attached hydrogens (primary N) is 1. The molecule has 1 aliphatic heterocycles. The summed E-state index contributed by atoms with van der Waals surface area (Å²) in [4.78, 5) is 0. The van der Waals surface area contributed by atoms with Crippen molar-refractivity contribution in [3.8, 4) is 17.0 Å². The summed E-state index contributed by atoms with van der Waals surface area (Å²) in [5.74, 6) is 0.679. The minimum atomic E-state index is -0.248. The van der Waals surface area contributed by atoms with Crippen molar-refractivity contribution in [1.82, 2.24) is 9.61 Å². The van der Waals surface area contributed by atoms with Crippen molar-refractivity contribution >= 4 is 5.52 Å². The number of hydrogen-bond donors (Lipinski definition) is 1. The van der Waals surface area contributed by atoms with E-state index in [0.29, 0.717) is 13.2 Å². The molecular formula is C17H16FN3O. The van der Waals surface area contributed by atoms with Gasteiger partial charge in [0.1, 0.15) is 11.6 Å². The molecule has 0 saturated heterocycles. The fraction of sp³-hybridized carbons (Fsp3) is 0.235. The number of fused-ring (bicyclic) bond motifs is 3. The Morgan fingerprint density at radius 2 is 2.05 bits per heavy atom. The van der Waals surface area contributed by atoms with Gasteiger partial charge in [0, 0.05) is 29.3 Å². The van der Waals surface area contributed by atoms with Gasteiger partial charge in [-0.15, -0.1) is 0 Å². The van der Waals surface area contributed by atoms with Crippen LogP contribution in [0.25, 0.3) is 16.8 Å². The number of rotatable bonds is 3. The van der Waals surface area contributed by atoms with Crippen molar-refractivity contribution in [2.24, 2.45) is 5.73 Å². The van der Waals surface area contributed by atoms with E-state index in [4.69, 9.17) is 15.6 Å². The molecule has 0 saturated carbocycles. The van der Waals surface area contributed by atoms with Gasteiger partial charge in [0.05, 0.1) is 17.8 Å². The molecule has 5 heteroatoms. The zero-order valence-corrected chi connectivity index (χ0v) is 12.1. The van der Waals surface area contributed by atoms with E-state index in [1.54, 1.807) is 12.1 Å². The lowest BCUT2D eigenvalue weighted by atomic mass is 10.0. The zero-order valence-electron chi connectivity index (χ0n) is 12.1. The molecule has 0 amide bonds. The Bertz CT molecular complexity index is 839. The van der Waals surface area contributed by atoms with E-state index >= 15 is 0 Å². The fourth-order valence-corrected chi connectivity index (χ4v) is 3.11. The predicted molar refractivity (Wildman–Crippen MR) is 82.5 cm³/mol. The number of benzene rings is 1. The highest BCUT2D eigenvalue weighted by Crippen LogP contribution is 2.35. The van der Waals surface area contributed by atoms with Crippen LogP contribution in [-0.4, -0.2) is 22.8 Å². The third kappa shape index (κ3) is 1.97. The summed E-state index contributed by atoms with van der Waals surface area (Å²) in [6.07, 6.45) is 3.52. The molecule has 4 nitrogen and oxygen atoms in total. The maximum atomic E-state index is 13.2. The number of aromatic nitrogens is 2. The van der Waals surface area contributed by atoms with Crippen molar-refractivity contribution < 1.29 is 9.13 Å². The quantitative estimate of drug-likeness (QED) is 0.808. The molecule has 112 valence electrons. The number of ether oxygens (including phenoxy) is 1. The predicted octanol–water partition coefficient (Wildman–Crippen LogP) is 2.58. The van der Waals surface area contributed by atoms with Crippen LogP contribution >= 0.6 is 0 Å². The van der Waals surface area contributed by atoms with Crippen molar-refractivity contribution in [3.63, 3.8) is 0 Å². The topological polar surface area (TPSA) is 52.5 Å². The summed E-state index contributed by atoms with van der Waals surface area (Å²) < 4.78 is 20.7. The lowest BCUT2D eigenvalue weighted by molar-refractivity contribution is 0.356. The summed E-state index contributed by atoms with van der Waals surface area (Å²) in [5, 5.41) is 4.69. The summed E-state index contributed by atoms with van der Waals surface area (Å²) in [5.41, 5.74) is 10.9. The zero-order chi connectivity index (χ0) is 15.1. The fourth-order valence-electron chi connectivity index (χ4n) is 3.11. The molecule has 0 atom stereocenters. The summed E-state index contributed by atoms with van der Waals surface area (Å²) in [6, 6.07) is 8.38. The molecule has 3 heterocycles. The Balaban J connectivity index is 1.98. The highest BCUT2D eigenvalue weighted by atomic mass is 19.1. The van der Waals surface area contributed by atoms with E-state index in [-0.39, 0.29) is 5.82 Å². The highest BCUT2D eigenvalue weighted by Gasteiger charge is 2.22. The van der Waals surface area contributed by atoms with Gasteiger partial charge in [-0.25, -0.2) is 8.91 Å². The highest BCUT2D eigenvalue weighted by molar-refractivity contribution is 5.77. The lowest BCUT2D eigenvalue weighted by Gasteiger charge is -2.04. The van der Waals surface area contributed by atoms with Crippen LogP contribution in [0.3, 0.4) is 0 Å². The maximum Gasteiger partial charge on any atom is 0.126 e. The molecule has 0 fully saturated rings.